The second-order valence-corrected chi connectivity index (χ2v) is 6.27. The predicted octanol–water partition coefficient (Wildman–Crippen LogP) is 2.65. The Morgan fingerprint density at radius 1 is 0.917 bits per heavy atom. The molecule has 3 rings (SSSR count). The molecule has 5 heteroatoms. The molecule has 0 unspecified atom stereocenters. The summed E-state index contributed by atoms with van der Waals surface area (Å²) in [5.41, 5.74) is 1.44. The minimum atomic E-state index is -4.28. The summed E-state index contributed by atoms with van der Waals surface area (Å²) in [7, 11) is 0. The highest BCUT2D eigenvalue weighted by molar-refractivity contribution is 5.49. The van der Waals surface area contributed by atoms with Crippen LogP contribution in [0.2, 0.25) is 0 Å². The fourth-order valence-corrected chi connectivity index (χ4v) is 3.18. The minimum Gasteiger partial charge on any atom is -0.360 e. The smallest absolute Gasteiger partial charge is 0.360 e. The first-order valence-corrected chi connectivity index (χ1v) is 8.32. The standard InChI is InChI=1S/C19H21F3N2/c20-19(21,22)17-7-4-8-18(15-17)24-13-11-23(12-14-24)10-9-16-5-2-1-3-6-16/h1-8,15H,9-14H2/p+1. The van der Waals surface area contributed by atoms with E-state index in [-0.39, 0.29) is 0 Å². The van der Waals surface area contributed by atoms with Crippen LogP contribution in [0.1, 0.15) is 11.1 Å². The first-order valence-electron chi connectivity index (χ1n) is 8.32. The second kappa shape index (κ2) is 7.26. The summed E-state index contributed by atoms with van der Waals surface area (Å²) in [5, 5.41) is 0. The molecule has 128 valence electrons. The number of piperazine rings is 1. The Balaban J connectivity index is 1.53. The molecular formula is C19H22F3N2+. The van der Waals surface area contributed by atoms with E-state index in [0.717, 1.165) is 45.2 Å². The zero-order chi connectivity index (χ0) is 17.0. The molecule has 0 radical (unpaired) electrons. The first kappa shape index (κ1) is 16.8. The molecule has 0 aromatic heterocycles. The van der Waals surface area contributed by atoms with E-state index in [2.05, 4.69) is 29.2 Å². The van der Waals surface area contributed by atoms with Crippen LogP contribution < -0.4 is 9.80 Å². The van der Waals surface area contributed by atoms with Crippen molar-refractivity contribution in [1.29, 1.82) is 0 Å². The molecule has 1 N–H and O–H groups in total. The Labute approximate surface area is 140 Å². The minimum absolute atomic E-state index is 0.571. The zero-order valence-electron chi connectivity index (χ0n) is 13.5. The number of alkyl halides is 3. The lowest BCUT2D eigenvalue weighted by molar-refractivity contribution is -0.900. The number of nitrogens with one attached hydrogen (secondary N) is 1. The third kappa shape index (κ3) is 4.29. The highest BCUT2D eigenvalue weighted by atomic mass is 19.4. The zero-order valence-corrected chi connectivity index (χ0v) is 13.5. The number of hydrogen-bond acceptors (Lipinski definition) is 1. The van der Waals surface area contributed by atoms with Crippen LogP contribution in [0.3, 0.4) is 0 Å². The van der Waals surface area contributed by atoms with E-state index in [1.54, 1.807) is 6.07 Å². The Morgan fingerprint density at radius 2 is 1.62 bits per heavy atom. The molecule has 0 bridgehead atoms. The SMILES string of the molecule is FC(F)(F)c1cccc(N2CC[NH+](CCc3ccccc3)CC2)c1. The summed E-state index contributed by atoms with van der Waals surface area (Å²) in [6.45, 7) is 4.59. The van der Waals surface area contributed by atoms with Gasteiger partial charge < -0.3 is 9.80 Å². The molecule has 0 spiro atoms. The van der Waals surface area contributed by atoms with Gasteiger partial charge in [-0.2, -0.15) is 13.2 Å². The Hall–Kier alpha value is -2.01. The highest BCUT2D eigenvalue weighted by Crippen LogP contribution is 2.31. The van der Waals surface area contributed by atoms with Crippen molar-refractivity contribution in [1.82, 2.24) is 0 Å². The molecule has 2 aromatic carbocycles. The lowest BCUT2D eigenvalue weighted by atomic mass is 10.1. The van der Waals surface area contributed by atoms with Gasteiger partial charge in [-0.15, -0.1) is 0 Å². The Kier molecular flexibility index (Phi) is 5.09. The van der Waals surface area contributed by atoms with Crippen molar-refractivity contribution in [3.63, 3.8) is 0 Å². The molecule has 1 aliphatic rings. The van der Waals surface area contributed by atoms with Gasteiger partial charge in [0.25, 0.3) is 0 Å². The molecule has 1 saturated heterocycles. The predicted molar refractivity (Wildman–Crippen MR) is 89.4 cm³/mol. The topological polar surface area (TPSA) is 7.68 Å². The normalized spacial score (nSPS) is 16.4. The van der Waals surface area contributed by atoms with Crippen LogP contribution in [0.4, 0.5) is 18.9 Å². The van der Waals surface area contributed by atoms with E-state index >= 15 is 0 Å². The van der Waals surface area contributed by atoms with Gasteiger partial charge in [-0.05, 0) is 23.8 Å². The lowest BCUT2D eigenvalue weighted by Gasteiger charge is -2.34. The summed E-state index contributed by atoms with van der Waals surface area (Å²) in [6, 6.07) is 16.0. The summed E-state index contributed by atoms with van der Waals surface area (Å²) in [5.74, 6) is 0. The van der Waals surface area contributed by atoms with Crippen LogP contribution >= 0.6 is 0 Å². The van der Waals surface area contributed by atoms with E-state index in [0.29, 0.717) is 5.69 Å². The molecular weight excluding hydrogens is 313 g/mol. The highest BCUT2D eigenvalue weighted by Gasteiger charge is 2.31. The summed E-state index contributed by atoms with van der Waals surface area (Å²) >= 11 is 0. The van der Waals surface area contributed by atoms with E-state index in [9.17, 15) is 13.2 Å². The van der Waals surface area contributed by atoms with Gasteiger partial charge in [0.05, 0.1) is 38.3 Å². The molecule has 24 heavy (non-hydrogen) atoms. The van der Waals surface area contributed by atoms with Crippen LogP contribution in [0, 0.1) is 0 Å². The Bertz CT molecular complexity index is 647. The molecule has 2 nitrogen and oxygen atoms in total. The van der Waals surface area contributed by atoms with Crippen molar-refractivity contribution in [3.8, 4) is 0 Å². The average Bonchev–Trinajstić information content (AvgIpc) is 2.61. The largest absolute Gasteiger partial charge is 0.416 e. The van der Waals surface area contributed by atoms with Gasteiger partial charge in [0, 0.05) is 12.1 Å². The Morgan fingerprint density at radius 3 is 2.29 bits per heavy atom. The number of halogens is 3. The van der Waals surface area contributed by atoms with Gasteiger partial charge in [0.2, 0.25) is 0 Å². The van der Waals surface area contributed by atoms with E-state index in [4.69, 9.17) is 0 Å². The first-order chi connectivity index (χ1) is 11.5. The summed E-state index contributed by atoms with van der Waals surface area (Å²) in [6.07, 6.45) is -3.24. The summed E-state index contributed by atoms with van der Waals surface area (Å²) < 4.78 is 38.5. The maximum atomic E-state index is 12.8. The van der Waals surface area contributed by atoms with Crippen LogP contribution in [0.15, 0.2) is 54.6 Å². The third-order valence-corrected chi connectivity index (χ3v) is 4.62. The molecule has 1 heterocycles. The number of nitrogens with zero attached hydrogens (tertiary/aromatic N) is 1. The number of hydrogen-bond donors (Lipinski definition) is 1. The molecule has 1 aliphatic heterocycles. The van der Waals surface area contributed by atoms with Crippen LogP contribution in [0.25, 0.3) is 0 Å². The fraction of sp³-hybridized carbons (Fsp3) is 0.368. The van der Waals surface area contributed by atoms with Gasteiger partial charge in [-0.1, -0.05) is 36.4 Å². The third-order valence-electron chi connectivity index (χ3n) is 4.62. The van der Waals surface area contributed by atoms with E-state index < -0.39 is 11.7 Å². The van der Waals surface area contributed by atoms with Gasteiger partial charge >= 0.3 is 6.18 Å². The molecule has 0 amide bonds. The number of quaternary nitrogens is 1. The molecule has 0 saturated carbocycles. The molecule has 2 aromatic rings. The van der Waals surface area contributed by atoms with Crippen molar-refractivity contribution in [2.24, 2.45) is 0 Å². The van der Waals surface area contributed by atoms with Crippen molar-refractivity contribution >= 4 is 5.69 Å². The van der Waals surface area contributed by atoms with Gasteiger partial charge in [0.1, 0.15) is 0 Å². The van der Waals surface area contributed by atoms with Crippen LogP contribution in [0.5, 0.6) is 0 Å². The van der Waals surface area contributed by atoms with Crippen LogP contribution in [-0.4, -0.2) is 32.7 Å². The van der Waals surface area contributed by atoms with Gasteiger partial charge in [0.15, 0.2) is 0 Å². The number of rotatable bonds is 4. The average molecular weight is 335 g/mol. The molecule has 1 fully saturated rings. The van der Waals surface area contributed by atoms with E-state index in [1.165, 1.54) is 22.6 Å². The van der Waals surface area contributed by atoms with Crippen LogP contribution in [-0.2, 0) is 12.6 Å². The maximum absolute atomic E-state index is 12.8. The lowest BCUT2D eigenvalue weighted by Crippen LogP contribution is -3.15. The number of anilines is 1. The summed E-state index contributed by atoms with van der Waals surface area (Å²) in [4.78, 5) is 3.57. The van der Waals surface area contributed by atoms with Crippen molar-refractivity contribution in [2.45, 2.75) is 12.6 Å². The fourth-order valence-electron chi connectivity index (χ4n) is 3.18. The maximum Gasteiger partial charge on any atom is 0.416 e. The van der Waals surface area contributed by atoms with Crippen molar-refractivity contribution < 1.29 is 18.1 Å². The van der Waals surface area contributed by atoms with E-state index in [1.807, 2.05) is 6.07 Å². The van der Waals surface area contributed by atoms with Gasteiger partial charge in [-0.3, -0.25) is 0 Å². The molecule has 0 aliphatic carbocycles. The molecule has 0 atom stereocenters. The number of benzene rings is 2. The van der Waals surface area contributed by atoms with Crippen molar-refractivity contribution in [3.05, 3.63) is 65.7 Å². The second-order valence-electron chi connectivity index (χ2n) is 6.27. The quantitative estimate of drug-likeness (QED) is 0.903. The monoisotopic (exact) mass is 335 g/mol. The van der Waals surface area contributed by atoms with Gasteiger partial charge in [-0.25, -0.2) is 0 Å². The van der Waals surface area contributed by atoms with Crippen molar-refractivity contribution in [2.75, 3.05) is 37.6 Å².